The molecule has 3 aromatic rings. The van der Waals surface area contributed by atoms with Gasteiger partial charge in [0.15, 0.2) is 5.78 Å². The summed E-state index contributed by atoms with van der Waals surface area (Å²) in [5, 5.41) is 11.2. The van der Waals surface area contributed by atoms with Gasteiger partial charge in [-0.3, -0.25) is 14.1 Å². The van der Waals surface area contributed by atoms with E-state index in [-0.39, 0.29) is 18.6 Å². The molecule has 1 fully saturated rings. The molecule has 1 N–H and O–H groups in total. The van der Waals surface area contributed by atoms with Gasteiger partial charge in [-0.15, -0.1) is 6.58 Å². The fourth-order valence-electron chi connectivity index (χ4n) is 6.81. The standard InChI is InChI=1S/C38H40FNO3/c1-2-5-26-8-16-35(37(42)22-26)36-7-3-6-30-23-28(29-9-13-31(41)24-29)12-17-34(30)38(36)27-10-14-32(15-11-27)43-33-18-21-40(25-33)20-4-19-39/h2,8,10-12,14-17,22-24,33,42H,1,3-7,9,13,18-21,25H2/t33-/m0/s1. The number of likely N-dealkylation sites (tertiary alicyclic amines) is 1. The smallest absolute Gasteiger partial charge is 0.156 e. The van der Waals surface area contributed by atoms with E-state index in [0.29, 0.717) is 25.0 Å². The Hall–Kier alpha value is -3.96. The molecule has 6 rings (SSSR count). The number of carbonyl (C=O) groups is 1. The molecule has 5 heteroatoms. The first-order valence-electron chi connectivity index (χ1n) is 15.6. The number of halogens is 1. The number of rotatable bonds is 10. The van der Waals surface area contributed by atoms with Gasteiger partial charge in [0.05, 0.1) is 6.67 Å². The summed E-state index contributed by atoms with van der Waals surface area (Å²) in [7, 11) is 0. The fraction of sp³-hybridized carbons (Fsp3) is 0.342. The molecule has 2 aliphatic carbocycles. The number of ether oxygens (including phenoxy) is 1. The van der Waals surface area contributed by atoms with Crippen LogP contribution in [0.2, 0.25) is 0 Å². The normalized spacial score (nSPS) is 18.9. The summed E-state index contributed by atoms with van der Waals surface area (Å²) in [6.07, 6.45) is 10.1. The number of aromatic hydroxyl groups is 1. The zero-order valence-electron chi connectivity index (χ0n) is 24.8. The lowest BCUT2D eigenvalue weighted by atomic mass is 9.86. The maximum Gasteiger partial charge on any atom is 0.156 e. The van der Waals surface area contributed by atoms with Gasteiger partial charge in [0.1, 0.15) is 17.6 Å². The minimum Gasteiger partial charge on any atom is -0.507 e. The number of benzene rings is 3. The highest BCUT2D eigenvalue weighted by Gasteiger charge is 2.25. The highest BCUT2D eigenvalue weighted by Crippen LogP contribution is 2.43. The van der Waals surface area contributed by atoms with Gasteiger partial charge in [-0.25, -0.2) is 0 Å². The van der Waals surface area contributed by atoms with Gasteiger partial charge in [0.25, 0.3) is 0 Å². The Kier molecular flexibility index (Phi) is 8.90. The van der Waals surface area contributed by atoms with Gasteiger partial charge < -0.3 is 9.84 Å². The predicted octanol–water partition coefficient (Wildman–Crippen LogP) is 7.98. The van der Waals surface area contributed by atoms with Crippen molar-refractivity contribution in [1.82, 2.24) is 4.90 Å². The third kappa shape index (κ3) is 6.52. The third-order valence-electron chi connectivity index (χ3n) is 8.95. The van der Waals surface area contributed by atoms with Crippen LogP contribution in [0.1, 0.15) is 71.9 Å². The maximum absolute atomic E-state index is 12.6. The van der Waals surface area contributed by atoms with Crippen molar-refractivity contribution in [2.45, 2.75) is 57.5 Å². The number of hydrogen-bond acceptors (Lipinski definition) is 4. The Labute approximate surface area is 254 Å². The molecule has 1 heterocycles. The first-order chi connectivity index (χ1) is 21.0. The molecular weight excluding hydrogens is 537 g/mol. The molecule has 0 unspecified atom stereocenters. The van der Waals surface area contributed by atoms with Crippen molar-refractivity contribution < 1.29 is 19.0 Å². The monoisotopic (exact) mass is 577 g/mol. The second-order valence-corrected chi connectivity index (χ2v) is 12.0. The number of ketones is 1. The molecule has 4 nitrogen and oxygen atoms in total. The van der Waals surface area contributed by atoms with Gasteiger partial charge in [-0.2, -0.15) is 0 Å². The number of nitrogens with zero attached hydrogens (tertiary/aromatic N) is 1. The average molecular weight is 578 g/mol. The molecule has 1 atom stereocenters. The van der Waals surface area contributed by atoms with E-state index in [1.165, 1.54) is 11.1 Å². The molecule has 0 radical (unpaired) electrons. The van der Waals surface area contributed by atoms with Crippen LogP contribution in [0.5, 0.6) is 11.5 Å². The van der Waals surface area contributed by atoms with E-state index in [0.717, 1.165) is 96.5 Å². The van der Waals surface area contributed by atoms with Crippen molar-refractivity contribution in [2.24, 2.45) is 0 Å². The van der Waals surface area contributed by atoms with Crippen LogP contribution >= 0.6 is 0 Å². The molecule has 222 valence electrons. The second-order valence-electron chi connectivity index (χ2n) is 12.0. The Bertz CT molecular complexity index is 1570. The number of phenolic OH excluding ortho intramolecular Hbond substituents is 1. The first-order valence-corrected chi connectivity index (χ1v) is 15.6. The molecule has 0 saturated carbocycles. The van der Waals surface area contributed by atoms with Gasteiger partial charge >= 0.3 is 0 Å². The Balaban J connectivity index is 1.37. The van der Waals surface area contributed by atoms with Gasteiger partial charge in [-0.05, 0) is 114 Å². The fourth-order valence-corrected chi connectivity index (χ4v) is 6.81. The van der Waals surface area contributed by atoms with Crippen molar-refractivity contribution in [3.05, 3.63) is 113 Å². The third-order valence-corrected chi connectivity index (χ3v) is 8.95. The highest BCUT2D eigenvalue weighted by atomic mass is 19.1. The predicted molar refractivity (Wildman–Crippen MR) is 172 cm³/mol. The minimum absolute atomic E-state index is 0.111. The molecule has 0 bridgehead atoms. The molecule has 3 aliphatic rings. The van der Waals surface area contributed by atoms with Crippen LogP contribution in [-0.4, -0.2) is 48.2 Å². The second kappa shape index (κ2) is 13.1. The van der Waals surface area contributed by atoms with Crippen LogP contribution in [-0.2, 0) is 17.6 Å². The zero-order valence-corrected chi connectivity index (χ0v) is 24.8. The van der Waals surface area contributed by atoms with Crippen LogP contribution in [0.15, 0.2) is 79.4 Å². The number of fused-ring (bicyclic) bond motifs is 1. The van der Waals surface area contributed by atoms with E-state index in [9.17, 15) is 14.3 Å². The summed E-state index contributed by atoms with van der Waals surface area (Å²) >= 11 is 0. The van der Waals surface area contributed by atoms with Crippen LogP contribution in [0, 0.1) is 0 Å². The Morgan fingerprint density at radius 3 is 2.53 bits per heavy atom. The summed E-state index contributed by atoms with van der Waals surface area (Å²) in [4.78, 5) is 14.2. The maximum atomic E-state index is 12.6. The minimum atomic E-state index is -0.278. The van der Waals surface area contributed by atoms with Crippen LogP contribution in [0.3, 0.4) is 0 Å². The number of allylic oxidation sites excluding steroid dienone is 4. The molecular formula is C38H40FNO3. The first kappa shape index (κ1) is 29.1. The average Bonchev–Trinajstić information content (AvgIpc) is 3.61. The quantitative estimate of drug-likeness (QED) is 0.248. The lowest BCUT2D eigenvalue weighted by molar-refractivity contribution is -0.114. The molecule has 0 amide bonds. The highest BCUT2D eigenvalue weighted by molar-refractivity contribution is 6.03. The topological polar surface area (TPSA) is 49.8 Å². The SMILES string of the molecule is C=CCc1ccc(C2=C(c3ccc(O[C@H]4CCN(CCCF)C4)cc3)c3ccc(C4=CC(=O)CC4)cc3CCC2)c(O)c1. The van der Waals surface area contributed by atoms with E-state index in [1.54, 1.807) is 6.08 Å². The molecule has 1 saturated heterocycles. The summed E-state index contributed by atoms with van der Waals surface area (Å²) in [5.41, 5.74) is 9.94. The largest absolute Gasteiger partial charge is 0.507 e. The van der Waals surface area contributed by atoms with Crippen molar-refractivity contribution in [1.29, 1.82) is 0 Å². The molecule has 1 aliphatic heterocycles. The number of carbonyl (C=O) groups excluding carboxylic acids is 1. The van der Waals surface area contributed by atoms with Crippen molar-refractivity contribution in [3.8, 4) is 11.5 Å². The molecule has 43 heavy (non-hydrogen) atoms. The lowest BCUT2D eigenvalue weighted by Crippen LogP contribution is -2.26. The van der Waals surface area contributed by atoms with E-state index >= 15 is 0 Å². The summed E-state index contributed by atoms with van der Waals surface area (Å²) in [6, 6.07) is 20.9. The number of alkyl halides is 1. The summed E-state index contributed by atoms with van der Waals surface area (Å²) in [6.45, 7) is 6.12. The van der Waals surface area contributed by atoms with E-state index in [2.05, 4.69) is 47.9 Å². The Morgan fingerprint density at radius 2 is 1.79 bits per heavy atom. The lowest BCUT2D eigenvalue weighted by Gasteiger charge is -2.19. The van der Waals surface area contributed by atoms with E-state index in [4.69, 9.17) is 4.74 Å². The summed E-state index contributed by atoms with van der Waals surface area (Å²) < 4.78 is 19.0. The van der Waals surface area contributed by atoms with E-state index < -0.39 is 0 Å². The number of phenols is 1. The van der Waals surface area contributed by atoms with E-state index in [1.807, 2.05) is 30.3 Å². The molecule has 3 aromatic carbocycles. The Morgan fingerprint density at radius 1 is 0.977 bits per heavy atom. The molecule has 0 aromatic heterocycles. The van der Waals surface area contributed by atoms with Gasteiger partial charge in [-0.1, -0.05) is 48.5 Å². The van der Waals surface area contributed by atoms with Crippen molar-refractivity contribution >= 4 is 22.5 Å². The van der Waals surface area contributed by atoms with Crippen LogP contribution in [0.25, 0.3) is 16.7 Å². The van der Waals surface area contributed by atoms with Crippen LogP contribution in [0.4, 0.5) is 4.39 Å². The van der Waals surface area contributed by atoms with Crippen molar-refractivity contribution in [3.63, 3.8) is 0 Å². The number of hydrogen-bond donors (Lipinski definition) is 1. The zero-order chi connectivity index (χ0) is 29.8. The van der Waals surface area contributed by atoms with Gasteiger partial charge in [0, 0.05) is 31.6 Å². The molecule has 0 spiro atoms. The number of aryl methyl sites for hydroxylation is 1. The van der Waals surface area contributed by atoms with Gasteiger partial charge in [0.2, 0.25) is 0 Å². The van der Waals surface area contributed by atoms with Crippen molar-refractivity contribution in [2.75, 3.05) is 26.3 Å². The van der Waals surface area contributed by atoms with Crippen LogP contribution < -0.4 is 4.74 Å². The summed E-state index contributed by atoms with van der Waals surface area (Å²) in [5.74, 6) is 1.33.